The number of amides is 1. The topological polar surface area (TPSA) is 69.6 Å². The van der Waals surface area contributed by atoms with Crippen molar-refractivity contribution in [3.8, 4) is 11.5 Å². The van der Waals surface area contributed by atoms with Crippen molar-refractivity contribution in [2.75, 3.05) is 11.9 Å². The molecule has 0 saturated heterocycles. The molecule has 2 rings (SSSR count). The largest absolute Gasteiger partial charge is 0.504 e. The first-order chi connectivity index (χ1) is 9.11. The summed E-state index contributed by atoms with van der Waals surface area (Å²) in [5, 5.41) is 22.5. The average Bonchev–Trinajstić information content (AvgIpc) is 2.86. The van der Waals surface area contributed by atoms with Gasteiger partial charge in [0.15, 0.2) is 11.5 Å². The fourth-order valence-electron chi connectivity index (χ4n) is 2.58. The quantitative estimate of drug-likeness (QED) is 0.588. The van der Waals surface area contributed by atoms with Crippen molar-refractivity contribution in [2.24, 2.45) is 11.8 Å². The monoisotopic (exact) mass is 327 g/mol. The first kappa shape index (κ1) is 14.2. The zero-order valence-corrected chi connectivity index (χ0v) is 12.2. The highest BCUT2D eigenvalue weighted by Gasteiger charge is 2.26. The van der Waals surface area contributed by atoms with Crippen LogP contribution in [0.4, 0.5) is 0 Å². The van der Waals surface area contributed by atoms with E-state index in [1.54, 1.807) is 0 Å². The van der Waals surface area contributed by atoms with Gasteiger partial charge in [-0.3, -0.25) is 4.79 Å². The molecule has 1 aromatic rings. The number of phenols is 2. The lowest BCUT2D eigenvalue weighted by atomic mass is 9.98. The molecule has 2 atom stereocenters. The molecule has 1 aliphatic carbocycles. The summed E-state index contributed by atoms with van der Waals surface area (Å²) in [6.07, 6.45) is 3.58. The molecule has 3 N–H and O–H groups in total. The minimum atomic E-state index is -0.271. The molecular weight excluding hydrogens is 310 g/mol. The van der Waals surface area contributed by atoms with Gasteiger partial charge in [-0.15, -0.1) is 0 Å². The van der Waals surface area contributed by atoms with E-state index in [1.165, 1.54) is 31.0 Å². The van der Waals surface area contributed by atoms with Gasteiger partial charge < -0.3 is 15.5 Å². The molecule has 1 fully saturated rings. The van der Waals surface area contributed by atoms with E-state index in [9.17, 15) is 15.0 Å². The number of alkyl halides is 1. The van der Waals surface area contributed by atoms with Crippen LogP contribution in [0.15, 0.2) is 18.2 Å². The highest BCUT2D eigenvalue weighted by Crippen LogP contribution is 2.32. The molecule has 0 heterocycles. The zero-order valence-electron chi connectivity index (χ0n) is 10.6. The number of phenolic OH excluding ortho intramolecular Hbond substituents is 2. The number of carbonyl (C=O) groups is 1. The third-order valence-corrected chi connectivity index (χ3v) is 4.61. The lowest BCUT2D eigenvalue weighted by molar-refractivity contribution is 0.0944. The van der Waals surface area contributed by atoms with Crippen LogP contribution in [0.3, 0.4) is 0 Å². The van der Waals surface area contributed by atoms with Gasteiger partial charge in [-0.05, 0) is 42.9 Å². The standard InChI is InChI=1S/C14H18BrNO3/c15-7-10-2-1-3-11(10)8-16-14(19)9-4-5-12(17)13(18)6-9/h4-6,10-11,17-18H,1-3,7-8H2,(H,16,19). The summed E-state index contributed by atoms with van der Waals surface area (Å²) in [6, 6.07) is 4.10. The van der Waals surface area contributed by atoms with E-state index >= 15 is 0 Å². The van der Waals surface area contributed by atoms with Crippen LogP contribution < -0.4 is 5.32 Å². The molecule has 1 aliphatic rings. The first-order valence-corrected chi connectivity index (χ1v) is 7.60. The number of halogens is 1. The Morgan fingerprint density at radius 1 is 1.26 bits per heavy atom. The second-order valence-electron chi connectivity index (χ2n) is 5.02. The van der Waals surface area contributed by atoms with Gasteiger partial charge in [0.1, 0.15) is 0 Å². The molecule has 1 amide bonds. The predicted molar refractivity (Wildman–Crippen MR) is 76.7 cm³/mol. The maximum absolute atomic E-state index is 11.9. The van der Waals surface area contributed by atoms with Crippen LogP contribution in [-0.4, -0.2) is 28.0 Å². The van der Waals surface area contributed by atoms with Crippen LogP contribution in [0.5, 0.6) is 11.5 Å². The van der Waals surface area contributed by atoms with Gasteiger partial charge in [0.25, 0.3) is 5.91 Å². The van der Waals surface area contributed by atoms with Crippen LogP contribution in [0.2, 0.25) is 0 Å². The summed E-state index contributed by atoms with van der Waals surface area (Å²) in [6.45, 7) is 0.663. The van der Waals surface area contributed by atoms with Crippen LogP contribution in [0.1, 0.15) is 29.6 Å². The fraction of sp³-hybridized carbons (Fsp3) is 0.500. The summed E-state index contributed by atoms with van der Waals surface area (Å²) in [4.78, 5) is 11.9. The van der Waals surface area contributed by atoms with Crippen molar-refractivity contribution in [1.29, 1.82) is 0 Å². The Bertz CT molecular complexity index is 464. The maximum Gasteiger partial charge on any atom is 0.251 e. The Hall–Kier alpha value is -1.23. The number of hydrogen-bond acceptors (Lipinski definition) is 3. The van der Waals surface area contributed by atoms with Gasteiger partial charge in [0.05, 0.1) is 0 Å². The number of benzene rings is 1. The minimum absolute atomic E-state index is 0.212. The number of carbonyl (C=O) groups excluding carboxylic acids is 1. The second kappa shape index (κ2) is 6.28. The number of rotatable bonds is 4. The maximum atomic E-state index is 11.9. The zero-order chi connectivity index (χ0) is 13.8. The third kappa shape index (κ3) is 3.41. The molecule has 2 unspecified atom stereocenters. The highest BCUT2D eigenvalue weighted by molar-refractivity contribution is 9.09. The number of hydrogen-bond donors (Lipinski definition) is 3. The Morgan fingerprint density at radius 2 is 2.00 bits per heavy atom. The summed E-state index contributed by atoms with van der Waals surface area (Å²) in [5.41, 5.74) is 0.365. The van der Waals surface area contributed by atoms with Crippen molar-refractivity contribution in [3.05, 3.63) is 23.8 Å². The van der Waals surface area contributed by atoms with Crippen molar-refractivity contribution < 1.29 is 15.0 Å². The van der Waals surface area contributed by atoms with Gasteiger partial charge in [-0.1, -0.05) is 22.4 Å². The van der Waals surface area contributed by atoms with Crippen molar-refractivity contribution in [2.45, 2.75) is 19.3 Å². The molecule has 0 spiro atoms. The molecule has 4 nitrogen and oxygen atoms in total. The van der Waals surface area contributed by atoms with Crippen LogP contribution in [0, 0.1) is 11.8 Å². The van der Waals surface area contributed by atoms with E-state index in [0.29, 0.717) is 23.9 Å². The lowest BCUT2D eigenvalue weighted by Crippen LogP contribution is -2.31. The second-order valence-corrected chi connectivity index (χ2v) is 5.67. The first-order valence-electron chi connectivity index (χ1n) is 6.48. The molecule has 5 heteroatoms. The van der Waals surface area contributed by atoms with Gasteiger partial charge in [-0.2, -0.15) is 0 Å². The molecule has 0 aliphatic heterocycles. The SMILES string of the molecule is O=C(NCC1CCCC1CBr)c1ccc(O)c(O)c1. The normalized spacial score (nSPS) is 22.4. The highest BCUT2D eigenvalue weighted by atomic mass is 79.9. The predicted octanol–water partition coefficient (Wildman–Crippen LogP) is 2.64. The van der Waals surface area contributed by atoms with E-state index < -0.39 is 0 Å². The Morgan fingerprint density at radius 3 is 2.68 bits per heavy atom. The van der Waals surface area contributed by atoms with Crippen molar-refractivity contribution in [3.63, 3.8) is 0 Å². The summed E-state index contributed by atoms with van der Waals surface area (Å²) < 4.78 is 0. The molecule has 0 bridgehead atoms. The fourth-order valence-corrected chi connectivity index (χ4v) is 3.43. The molecule has 19 heavy (non-hydrogen) atoms. The molecule has 104 valence electrons. The van der Waals surface area contributed by atoms with Crippen LogP contribution >= 0.6 is 15.9 Å². The minimum Gasteiger partial charge on any atom is -0.504 e. The Kier molecular flexibility index (Phi) is 4.69. The lowest BCUT2D eigenvalue weighted by Gasteiger charge is -2.17. The molecule has 0 radical (unpaired) electrons. The number of aromatic hydroxyl groups is 2. The van der Waals surface area contributed by atoms with Gasteiger partial charge in [-0.25, -0.2) is 0 Å². The Balaban J connectivity index is 1.92. The molecular formula is C14H18BrNO3. The molecule has 1 saturated carbocycles. The molecule has 0 aromatic heterocycles. The summed E-state index contributed by atoms with van der Waals surface area (Å²) in [7, 11) is 0. The van der Waals surface area contributed by atoms with E-state index in [4.69, 9.17) is 0 Å². The van der Waals surface area contributed by atoms with Crippen molar-refractivity contribution >= 4 is 21.8 Å². The summed E-state index contributed by atoms with van der Waals surface area (Å²) >= 11 is 3.51. The van der Waals surface area contributed by atoms with E-state index in [-0.39, 0.29) is 17.4 Å². The van der Waals surface area contributed by atoms with Gasteiger partial charge in [0.2, 0.25) is 0 Å². The summed E-state index contributed by atoms with van der Waals surface area (Å²) in [5.74, 6) is 0.455. The number of nitrogens with one attached hydrogen (secondary N) is 1. The molecule has 1 aromatic carbocycles. The smallest absolute Gasteiger partial charge is 0.251 e. The van der Waals surface area contributed by atoms with E-state index in [1.807, 2.05) is 0 Å². The van der Waals surface area contributed by atoms with E-state index in [0.717, 1.165) is 11.8 Å². The van der Waals surface area contributed by atoms with E-state index in [2.05, 4.69) is 21.2 Å². The van der Waals surface area contributed by atoms with Crippen LogP contribution in [-0.2, 0) is 0 Å². The van der Waals surface area contributed by atoms with Crippen molar-refractivity contribution in [1.82, 2.24) is 5.32 Å². The average molecular weight is 328 g/mol. The van der Waals surface area contributed by atoms with Crippen LogP contribution in [0.25, 0.3) is 0 Å². The Labute approximate surface area is 121 Å². The van der Waals surface area contributed by atoms with Gasteiger partial charge in [0, 0.05) is 17.4 Å². The third-order valence-electron chi connectivity index (χ3n) is 3.78. The van der Waals surface area contributed by atoms with Gasteiger partial charge >= 0.3 is 0 Å².